The fourth-order valence-electron chi connectivity index (χ4n) is 5.01. The lowest BCUT2D eigenvalue weighted by Gasteiger charge is -2.31. The Morgan fingerprint density at radius 3 is 2.00 bits per heavy atom. The molecule has 3 aromatic rings. The molecule has 2 unspecified atom stereocenters. The molecule has 2 aromatic carbocycles. The maximum Gasteiger partial charge on any atom is 0.418 e. The molecule has 8 heteroatoms. The molecule has 0 bridgehead atoms. The van der Waals surface area contributed by atoms with E-state index in [0.717, 1.165) is 11.1 Å². The maximum absolute atomic E-state index is 14.2. The molecular weight excluding hydrogens is 481 g/mol. The van der Waals surface area contributed by atoms with Crippen molar-refractivity contribution in [3.05, 3.63) is 82.5 Å². The zero-order chi connectivity index (χ0) is 26.7. The number of ether oxygens (including phenoxy) is 2. The van der Waals surface area contributed by atoms with Crippen LogP contribution in [0.3, 0.4) is 0 Å². The van der Waals surface area contributed by atoms with Crippen LogP contribution in [-0.2, 0) is 11.0 Å². The summed E-state index contributed by atoms with van der Waals surface area (Å²) in [6.45, 7) is 3.34. The molecule has 0 aliphatic heterocycles. The predicted molar refractivity (Wildman–Crippen MR) is 136 cm³/mol. The lowest BCUT2D eigenvalue weighted by Crippen LogP contribution is -2.26. The van der Waals surface area contributed by atoms with Crippen LogP contribution in [0.5, 0.6) is 11.5 Å². The van der Waals surface area contributed by atoms with Gasteiger partial charge in [0.15, 0.2) is 0 Å². The molecule has 2 atom stereocenters. The minimum atomic E-state index is -4.57. The summed E-state index contributed by atoms with van der Waals surface area (Å²) < 4.78 is 53.1. The number of hydrogen-bond acceptors (Lipinski definition) is 5. The number of hydrogen-bond donors (Lipinski definition) is 1. The van der Waals surface area contributed by atoms with Gasteiger partial charge in [-0.1, -0.05) is 31.2 Å². The van der Waals surface area contributed by atoms with E-state index < -0.39 is 23.7 Å². The van der Waals surface area contributed by atoms with Crippen LogP contribution >= 0.6 is 0 Å². The van der Waals surface area contributed by atoms with Crippen LogP contribution in [0.15, 0.2) is 54.6 Å². The van der Waals surface area contributed by atoms with Gasteiger partial charge in [0.05, 0.1) is 31.5 Å². The first-order valence-corrected chi connectivity index (χ1v) is 12.3. The molecule has 0 spiro atoms. The highest BCUT2D eigenvalue weighted by molar-refractivity contribution is 5.80. The summed E-state index contributed by atoms with van der Waals surface area (Å²) in [4.78, 5) is 16.8. The first kappa shape index (κ1) is 26.5. The number of pyridine rings is 1. The second-order valence-electron chi connectivity index (χ2n) is 9.57. The number of aromatic nitrogens is 1. The van der Waals surface area contributed by atoms with Crippen molar-refractivity contribution in [1.82, 2.24) is 4.98 Å². The van der Waals surface area contributed by atoms with Gasteiger partial charge < -0.3 is 14.8 Å². The second kappa shape index (κ2) is 10.8. The summed E-state index contributed by atoms with van der Waals surface area (Å²) in [5.41, 5.74) is 1.04. The summed E-state index contributed by atoms with van der Waals surface area (Å²) in [6, 6.07) is 16.0. The average Bonchev–Trinajstić information content (AvgIpc) is 2.87. The minimum absolute atomic E-state index is 0.0246. The topological polar surface area (TPSA) is 60.5 Å². The van der Waals surface area contributed by atoms with E-state index in [1.807, 2.05) is 55.5 Å². The maximum atomic E-state index is 14.2. The van der Waals surface area contributed by atoms with Crippen LogP contribution in [0.4, 0.5) is 19.0 Å². The second-order valence-corrected chi connectivity index (χ2v) is 9.57. The average molecular weight is 513 g/mol. The van der Waals surface area contributed by atoms with Gasteiger partial charge in [-0.25, -0.2) is 4.98 Å². The third-order valence-electron chi connectivity index (χ3n) is 7.08. The summed E-state index contributed by atoms with van der Waals surface area (Å²) >= 11 is 0. The van der Waals surface area contributed by atoms with E-state index in [1.54, 1.807) is 14.2 Å². The number of methoxy groups -OCH3 is 2. The van der Waals surface area contributed by atoms with Gasteiger partial charge in [0.1, 0.15) is 23.1 Å². The highest BCUT2D eigenvalue weighted by Gasteiger charge is 2.41. The van der Waals surface area contributed by atoms with Gasteiger partial charge in [0.25, 0.3) is 0 Å². The summed E-state index contributed by atoms with van der Waals surface area (Å²) in [5, 5.41) is 3.37. The Balaban J connectivity index is 1.80. The molecule has 1 fully saturated rings. The molecule has 1 aliphatic rings. The number of anilines is 1. The Labute approximate surface area is 215 Å². The van der Waals surface area contributed by atoms with E-state index in [0.29, 0.717) is 30.2 Å². The Hall–Kier alpha value is -3.55. The van der Waals surface area contributed by atoms with Crippen molar-refractivity contribution in [3.63, 3.8) is 0 Å². The lowest BCUT2D eigenvalue weighted by molar-refractivity contribution is -0.139. The molecule has 1 heterocycles. The molecule has 0 saturated heterocycles. The van der Waals surface area contributed by atoms with Crippen molar-refractivity contribution in [2.45, 2.75) is 51.2 Å². The standard InChI is InChI=1S/C29H31F3N2O3/c1-17-5-10-21(35)16-24(17)28-26(29(30,31)32)18(2)15-25(34-28)33-27(19-6-11-22(36-3)12-7-19)20-8-13-23(37-4)14-9-20/h6-9,11-15,17,24,27H,5,10,16H2,1-4H3,(H,33,34). The number of nitrogens with one attached hydrogen (secondary N) is 1. The fraction of sp³-hybridized carbons (Fsp3) is 0.379. The van der Waals surface area contributed by atoms with E-state index in [2.05, 4.69) is 10.3 Å². The minimum Gasteiger partial charge on any atom is -0.497 e. The molecule has 5 nitrogen and oxygen atoms in total. The summed E-state index contributed by atoms with van der Waals surface area (Å²) in [6.07, 6.45) is -3.55. The van der Waals surface area contributed by atoms with Gasteiger partial charge in [-0.2, -0.15) is 13.2 Å². The van der Waals surface area contributed by atoms with Crippen molar-refractivity contribution < 1.29 is 27.4 Å². The van der Waals surface area contributed by atoms with Crippen LogP contribution in [0.1, 0.15) is 66.1 Å². The van der Waals surface area contributed by atoms with Gasteiger partial charge in [0, 0.05) is 18.8 Å². The molecule has 1 aromatic heterocycles. The quantitative estimate of drug-likeness (QED) is 0.366. The van der Waals surface area contributed by atoms with Gasteiger partial charge in [-0.3, -0.25) is 4.79 Å². The monoisotopic (exact) mass is 512 g/mol. The highest BCUT2D eigenvalue weighted by Crippen LogP contribution is 2.44. The SMILES string of the molecule is COc1ccc(C(Nc2cc(C)c(C(F)(F)F)c(C3CC(=O)CCC3C)n2)c2ccc(OC)cc2)cc1. The number of nitrogens with zero attached hydrogens (tertiary/aromatic N) is 1. The Bertz CT molecular complexity index is 1190. The zero-order valence-electron chi connectivity index (χ0n) is 21.4. The number of carbonyl (C=O) groups excluding carboxylic acids is 1. The van der Waals surface area contributed by atoms with E-state index in [9.17, 15) is 18.0 Å². The molecule has 1 N–H and O–H groups in total. The van der Waals surface area contributed by atoms with Gasteiger partial charge in [-0.15, -0.1) is 0 Å². The van der Waals surface area contributed by atoms with Crippen LogP contribution < -0.4 is 14.8 Å². The summed E-state index contributed by atoms with van der Waals surface area (Å²) in [7, 11) is 3.17. The molecular formula is C29H31F3N2O3. The Kier molecular flexibility index (Phi) is 7.76. The predicted octanol–water partition coefficient (Wildman–Crippen LogP) is 7.10. The van der Waals surface area contributed by atoms with Crippen molar-refractivity contribution in [1.29, 1.82) is 0 Å². The molecule has 0 amide bonds. The van der Waals surface area contributed by atoms with Crippen LogP contribution in [0.2, 0.25) is 0 Å². The van der Waals surface area contributed by atoms with Crippen molar-refractivity contribution in [3.8, 4) is 11.5 Å². The van der Waals surface area contributed by atoms with Gasteiger partial charge in [0.2, 0.25) is 0 Å². The van der Waals surface area contributed by atoms with Crippen LogP contribution in [0, 0.1) is 12.8 Å². The molecule has 1 saturated carbocycles. The fourth-order valence-corrected chi connectivity index (χ4v) is 5.01. The number of carbonyl (C=O) groups is 1. The van der Waals surface area contributed by atoms with Crippen molar-refractivity contribution >= 4 is 11.6 Å². The third-order valence-corrected chi connectivity index (χ3v) is 7.08. The van der Waals surface area contributed by atoms with Crippen molar-refractivity contribution in [2.75, 3.05) is 19.5 Å². The van der Waals surface area contributed by atoms with E-state index in [1.165, 1.54) is 13.0 Å². The number of aryl methyl sites for hydroxylation is 1. The molecule has 196 valence electrons. The largest absolute Gasteiger partial charge is 0.497 e. The lowest BCUT2D eigenvalue weighted by atomic mass is 9.76. The zero-order valence-corrected chi connectivity index (χ0v) is 21.4. The summed E-state index contributed by atoms with van der Waals surface area (Å²) in [5.74, 6) is 1.02. The number of halogens is 3. The highest BCUT2D eigenvalue weighted by atomic mass is 19.4. The first-order valence-electron chi connectivity index (χ1n) is 12.3. The van der Waals surface area contributed by atoms with Crippen LogP contribution in [-0.4, -0.2) is 25.0 Å². The molecule has 37 heavy (non-hydrogen) atoms. The van der Waals surface area contributed by atoms with Gasteiger partial charge >= 0.3 is 6.18 Å². The smallest absolute Gasteiger partial charge is 0.418 e. The van der Waals surface area contributed by atoms with Gasteiger partial charge in [-0.05, 0) is 66.3 Å². The van der Waals surface area contributed by atoms with E-state index in [4.69, 9.17) is 9.47 Å². The molecule has 1 aliphatic carbocycles. The molecule has 0 radical (unpaired) electrons. The normalized spacial score (nSPS) is 18.1. The Morgan fingerprint density at radius 1 is 0.973 bits per heavy atom. The molecule has 4 rings (SSSR count). The number of rotatable bonds is 7. The number of alkyl halides is 3. The van der Waals surface area contributed by atoms with E-state index >= 15 is 0 Å². The van der Waals surface area contributed by atoms with Crippen LogP contribution in [0.25, 0.3) is 0 Å². The third kappa shape index (κ3) is 5.89. The number of Topliss-reactive ketones (excluding diaryl/α,β-unsaturated/α-hetero) is 1. The van der Waals surface area contributed by atoms with E-state index in [-0.39, 0.29) is 29.4 Å². The van der Waals surface area contributed by atoms with Crippen molar-refractivity contribution in [2.24, 2.45) is 5.92 Å². The Morgan fingerprint density at radius 2 is 1.51 bits per heavy atom. The number of ketones is 1. The number of benzene rings is 2. The first-order chi connectivity index (χ1) is 17.6.